The van der Waals surface area contributed by atoms with Gasteiger partial charge in [0.1, 0.15) is 0 Å². The van der Waals surface area contributed by atoms with Crippen molar-refractivity contribution < 1.29 is 9.53 Å². The highest BCUT2D eigenvalue weighted by Crippen LogP contribution is 2.24. The zero-order valence-corrected chi connectivity index (χ0v) is 15.5. The number of pyridine rings is 1. The summed E-state index contributed by atoms with van der Waals surface area (Å²) in [4.78, 5) is 19.2. The van der Waals surface area contributed by atoms with Crippen molar-refractivity contribution in [1.29, 1.82) is 0 Å². The fraction of sp³-hybridized carbons (Fsp3) is 0.429. The molecule has 1 atom stereocenters. The second kappa shape index (κ2) is 8.50. The summed E-state index contributed by atoms with van der Waals surface area (Å²) in [5.41, 5.74) is 4.29. The summed E-state index contributed by atoms with van der Waals surface area (Å²) in [6, 6.07) is 9.95. The predicted molar refractivity (Wildman–Crippen MR) is 104 cm³/mol. The predicted octanol–water partition coefficient (Wildman–Crippen LogP) is 3.46. The first-order valence-electron chi connectivity index (χ1n) is 9.68. The molecule has 6 heteroatoms. The zero-order chi connectivity index (χ0) is 18.5. The number of likely N-dealkylation sites (tertiary alicyclic amines) is 1. The monoisotopic (exact) mass is 366 g/mol. The summed E-state index contributed by atoms with van der Waals surface area (Å²) >= 11 is 0. The van der Waals surface area contributed by atoms with Crippen molar-refractivity contribution in [2.45, 2.75) is 38.5 Å². The van der Waals surface area contributed by atoms with Gasteiger partial charge in [-0.25, -0.2) is 4.79 Å². The number of carbonyl (C=O) groups is 1. The topological polar surface area (TPSA) is 66.5 Å². The first kappa shape index (κ1) is 17.9. The first-order chi connectivity index (χ1) is 13.3. The summed E-state index contributed by atoms with van der Waals surface area (Å²) < 4.78 is 5.43. The van der Waals surface area contributed by atoms with Gasteiger partial charge in [-0.2, -0.15) is 0 Å². The molecule has 0 aliphatic carbocycles. The van der Waals surface area contributed by atoms with Crippen molar-refractivity contribution >= 4 is 11.7 Å². The maximum Gasteiger partial charge on any atom is 0.319 e. The third kappa shape index (κ3) is 4.46. The highest BCUT2D eigenvalue weighted by Gasteiger charge is 2.23. The molecular weight excluding hydrogens is 340 g/mol. The minimum absolute atomic E-state index is 0.151. The number of amides is 2. The molecule has 27 heavy (non-hydrogen) atoms. The van der Waals surface area contributed by atoms with Crippen LogP contribution in [0.25, 0.3) is 0 Å². The van der Waals surface area contributed by atoms with E-state index < -0.39 is 0 Å². The molecule has 0 saturated carbocycles. The van der Waals surface area contributed by atoms with Gasteiger partial charge in [0.25, 0.3) is 0 Å². The Balaban J connectivity index is 1.38. The highest BCUT2D eigenvalue weighted by atomic mass is 16.5. The normalized spacial score (nSPS) is 17.9. The van der Waals surface area contributed by atoms with Crippen LogP contribution < -0.4 is 10.6 Å². The minimum Gasteiger partial charge on any atom is -0.372 e. The van der Waals surface area contributed by atoms with Gasteiger partial charge in [0.2, 0.25) is 0 Å². The van der Waals surface area contributed by atoms with Crippen molar-refractivity contribution in [1.82, 2.24) is 15.2 Å². The Morgan fingerprint density at radius 1 is 1.15 bits per heavy atom. The summed E-state index contributed by atoms with van der Waals surface area (Å²) in [5.74, 6) is 0. The maximum absolute atomic E-state index is 12.4. The third-order valence-electron chi connectivity index (χ3n) is 5.34. The molecule has 0 unspecified atom stereocenters. The molecule has 2 aliphatic heterocycles. The molecule has 0 bridgehead atoms. The molecule has 1 fully saturated rings. The number of benzene rings is 1. The lowest BCUT2D eigenvalue weighted by molar-refractivity contribution is 0.134. The standard InChI is InChI=1S/C21H26N4O2/c26-21(24-19-7-6-17-14-27-15-18(17)11-19)23-13-20(16-5-4-8-22-12-16)25-9-2-1-3-10-25/h4-8,11-12,20H,1-3,9-10,13-15H2,(H2,23,24,26)/t20-/m1/s1. The summed E-state index contributed by atoms with van der Waals surface area (Å²) in [6.45, 7) is 3.96. The van der Waals surface area contributed by atoms with E-state index in [1.807, 2.05) is 30.5 Å². The first-order valence-corrected chi connectivity index (χ1v) is 9.68. The van der Waals surface area contributed by atoms with E-state index in [9.17, 15) is 4.79 Å². The van der Waals surface area contributed by atoms with Crippen LogP contribution in [-0.2, 0) is 18.0 Å². The van der Waals surface area contributed by atoms with Crippen LogP contribution in [0.2, 0.25) is 0 Å². The van der Waals surface area contributed by atoms with Crippen LogP contribution in [0.1, 0.15) is 42.0 Å². The lowest BCUT2D eigenvalue weighted by atomic mass is 10.0. The molecule has 1 aromatic carbocycles. The number of anilines is 1. The Bertz CT molecular complexity index is 775. The maximum atomic E-state index is 12.4. The highest BCUT2D eigenvalue weighted by molar-refractivity contribution is 5.89. The van der Waals surface area contributed by atoms with Gasteiger partial charge in [-0.1, -0.05) is 18.6 Å². The summed E-state index contributed by atoms with van der Waals surface area (Å²) in [6.07, 6.45) is 7.39. The molecular formula is C21H26N4O2. The number of aromatic nitrogens is 1. The number of hydrogen-bond donors (Lipinski definition) is 2. The van der Waals surface area contributed by atoms with Gasteiger partial charge in [0.15, 0.2) is 0 Å². The van der Waals surface area contributed by atoms with Gasteiger partial charge in [-0.05, 0) is 60.8 Å². The van der Waals surface area contributed by atoms with E-state index in [0.29, 0.717) is 19.8 Å². The zero-order valence-electron chi connectivity index (χ0n) is 15.5. The Kier molecular flexibility index (Phi) is 5.65. The van der Waals surface area contributed by atoms with Crippen molar-refractivity contribution in [3.63, 3.8) is 0 Å². The average molecular weight is 366 g/mol. The SMILES string of the molecule is O=C(NC[C@H](c1cccnc1)N1CCCCC1)Nc1ccc2c(c1)COC2. The smallest absolute Gasteiger partial charge is 0.319 e. The van der Waals surface area contributed by atoms with Crippen LogP contribution in [0.4, 0.5) is 10.5 Å². The van der Waals surface area contributed by atoms with E-state index in [1.54, 1.807) is 6.20 Å². The molecule has 2 aromatic rings. The Labute approximate surface area is 159 Å². The van der Waals surface area contributed by atoms with Crippen LogP contribution >= 0.6 is 0 Å². The van der Waals surface area contributed by atoms with E-state index in [2.05, 4.69) is 26.6 Å². The summed E-state index contributed by atoms with van der Waals surface area (Å²) in [5, 5.41) is 5.99. The van der Waals surface area contributed by atoms with Crippen LogP contribution in [0.3, 0.4) is 0 Å². The van der Waals surface area contributed by atoms with E-state index in [-0.39, 0.29) is 12.1 Å². The second-order valence-corrected chi connectivity index (χ2v) is 7.21. The number of fused-ring (bicyclic) bond motifs is 1. The molecule has 1 aromatic heterocycles. The van der Waals surface area contributed by atoms with Gasteiger partial charge in [-0.3, -0.25) is 9.88 Å². The van der Waals surface area contributed by atoms with Crippen LogP contribution in [-0.4, -0.2) is 35.5 Å². The van der Waals surface area contributed by atoms with Crippen molar-refractivity contribution in [2.75, 3.05) is 25.0 Å². The van der Waals surface area contributed by atoms with Gasteiger partial charge in [0, 0.05) is 24.6 Å². The molecule has 142 valence electrons. The number of piperidine rings is 1. The number of urea groups is 1. The average Bonchev–Trinajstić information content (AvgIpc) is 3.18. The fourth-order valence-corrected chi connectivity index (χ4v) is 3.88. The molecule has 6 nitrogen and oxygen atoms in total. The molecule has 0 spiro atoms. The molecule has 1 saturated heterocycles. The van der Waals surface area contributed by atoms with E-state index in [0.717, 1.165) is 29.9 Å². The quantitative estimate of drug-likeness (QED) is 0.850. The van der Waals surface area contributed by atoms with Crippen molar-refractivity contribution in [3.05, 3.63) is 59.4 Å². The lowest BCUT2D eigenvalue weighted by Crippen LogP contribution is -2.41. The van der Waals surface area contributed by atoms with E-state index >= 15 is 0 Å². The molecule has 4 rings (SSSR count). The number of hydrogen-bond acceptors (Lipinski definition) is 4. The lowest BCUT2D eigenvalue weighted by Gasteiger charge is -2.34. The van der Waals surface area contributed by atoms with Gasteiger partial charge < -0.3 is 15.4 Å². The number of nitrogens with zero attached hydrogens (tertiary/aromatic N) is 2. The van der Waals surface area contributed by atoms with Gasteiger partial charge >= 0.3 is 6.03 Å². The Morgan fingerprint density at radius 3 is 2.81 bits per heavy atom. The van der Waals surface area contributed by atoms with Gasteiger partial charge in [0.05, 0.1) is 19.3 Å². The minimum atomic E-state index is -0.181. The van der Waals surface area contributed by atoms with Crippen LogP contribution in [0.15, 0.2) is 42.7 Å². The number of carbonyl (C=O) groups excluding carboxylic acids is 1. The Hall–Kier alpha value is -2.44. The number of ether oxygens (including phenoxy) is 1. The second-order valence-electron chi connectivity index (χ2n) is 7.21. The van der Waals surface area contributed by atoms with Gasteiger partial charge in [-0.15, -0.1) is 0 Å². The van der Waals surface area contributed by atoms with Crippen molar-refractivity contribution in [2.24, 2.45) is 0 Å². The molecule has 2 amide bonds. The van der Waals surface area contributed by atoms with Crippen LogP contribution in [0, 0.1) is 0 Å². The molecule has 2 aliphatic rings. The number of rotatable bonds is 5. The summed E-state index contributed by atoms with van der Waals surface area (Å²) in [7, 11) is 0. The van der Waals surface area contributed by atoms with E-state index in [4.69, 9.17) is 4.74 Å². The molecule has 3 heterocycles. The number of nitrogens with one attached hydrogen (secondary N) is 2. The third-order valence-corrected chi connectivity index (χ3v) is 5.34. The van der Waals surface area contributed by atoms with E-state index in [1.165, 1.54) is 24.8 Å². The van der Waals surface area contributed by atoms with Crippen LogP contribution in [0.5, 0.6) is 0 Å². The molecule has 2 N–H and O–H groups in total. The fourth-order valence-electron chi connectivity index (χ4n) is 3.88. The molecule has 0 radical (unpaired) electrons. The van der Waals surface area contributed by atoms with Crippen molar-refractivity contribution in [3.8, 4) is 0 Å². The largest absolute Gasteiger partial charge is 0.372 e. The Morgan fingerprint density at radius 2 is 2.00 bits per heavy atom.